The van der Waals surface area contributed by atoms with Crippen LogP contribution in [0.1, 0.15) is 43.5 Å². The normalized spacial score (nSPS) is 16.4. The van der Waals surface area contributed by atoms with Crippen molar-refractivity contribution in [3.8, 4) is 5.75 Å². The Labute approximate surface area is 115 Å². The van der Waals surface area contributed by atoms with Crippen LogP contribution in [0.2, 0.25) is 0 Å². The van der Waals surface area contributed by atoms with Crippen LogP contribution in [0, 0.1) is 0 Å². The number of benzene rings is 1. The summed E-state index contributed by atoms with van der Waals surface area (Å²) < 4.78 is 5.12. The van der Waals surface area contributed by atoms with Crippen LogP contribution in [0.15, 0.2) is 24.3 Å². The first-order valence-electron chi connectivity index (χ1n) is 7.11. The topological polar surface area (TPSA) is 29.5 Å². The molecule has 1 unspecified atom stereocenters. The van der Waals surface area contributed by atoms with Crippen LogP contribution in [0.3, 0.4) is 0 Å². The lowest BCUT2D eigenvalue weighted by molar-refractivity contribution is 0.0826. The Bertz CT molecular complexity index is 423. The quantitative estimate of drug-likeness (QED) is 0.706. The van der Waals surface area contributed by atoms with Crippen LogP contribution < -0.4 is 4.74 Å². The van der Waals surface area contributed by atoms with Crippen molar-refractivity contribution >= 4 is 5.78 Å². The minimum atomic E-state index is -0.0270. The number of ether oxygens (including phenoxy) is 1. The van der Waals surface area contributed by atoms with Crippen molar-refractivity contribution in [2.75, 3.05) is 13.7 Å². The Morgan fingerprint density at radius 1 is 1.37 bits per heavy atom. The summed E-state index contributed by atoms with van der Waals surface area (Å²) in [7, 11) is 1.63. The predicted octanol–water partition coefficient (Wildman–Crippen LogP) is 3.14. The number of hydrogen-bond donors (Lipinski definition) is 0. The molecular formula is C16H23NO2. The largest absolute Gasteiger partial charge is 0.497 e. The van der Waals surface area contributed by atoms with E-state index in [0.717, 1.165) is 24.3 Å². The SMILES string of the molecule is CCCN(C1CC1)C(C)C(=O)c1ccc(OC)cc1. The molecule has 0 aromatic heterocycles. The van der Waals surface area contributed by atoms with Crippen molar-refractivity contribution in [3.63, 3.8) is 0 Å². The Kier molecular flexibility index (Phi) is 4.59. The van der Waals surface area contributed by atoms with Gasteiger partial charge in [-0.25, -0.2) is 0 Å². The monoisotopic (exact) mass is 261 g/mol. The van der Waals surface area contributed by atoms with Gasteiger partial charge in [-0.3, -0.25) is 9.69 Å². The molecule has 3 heteroatoms. The summed E-state index contributed by atoms with van der Waals surface area (Å²) >= 11 is 0. The molecule has 1 saturated carbocycles. The second kappa shape index (κ2) is 6.20. The molecule has 1 aliphatic carbocycles. The highest BCUT2D eigenvalue weighted by atomic mass is 16.5. The molecule has 1 aromatic carbocycles. The van der Waals surface area contributed by atoms with E-state index < -0.39 is 0 Å². The third-order valence-corrected chi connectivity index (χ3v) is 3.75. The molecule has 2 rings (SSSR count). The Hall–Kier alpha value is -1.35. The van der Waals surface area contributed by atoms with Gasteiger partial charge in [0.1, 0.15) is 5.75 Å². The lowest BCUT2D eigenvalue weighted by atomic mass is 10.0. The molecule has 0 spiro atoms. The molecule has 0 aliphatic heterocycles. The van der Waals surface area contributed by atoms with E-state index in [1.807, 2.05) is 31.2 Å². The summed E-state index contributed by atoms with van der Waals surface area (Å²) in [6.07, 6.45) is 3.57. The number of rotatable bonds is 7. The van der Waals surface area contributed by atoms with Gasteiger partial charge in [0.15, 0.2) is 5.78 Å². The first kappa shape index (κ1) is 14.1. The highest BCUT2D eigenvalue weighted by molar-refractivity contribution is 6.00. The van der Waals surface area contributed by atoms with E-state index in [4.69, 9.17) is 4.74 Å². The summed E-state index contributed by atoms with van der Waals surface area (Å²) in [5.74, 6) is 1.000. The summed E-state index contributed by atoms with van der Waals surface area (Å²) in [5, 5.41) is 0. The van der Waals surface area contributed by atoms with Crippen LogP contribution in [0.4, 0.5) is 0 Å². The first-order chi connectivity index (χ1) is 9.17. The van der Waals surface area contributed by atoms with Gasteiger partial charge in [0.2, 0.25) is 0 Å². The molecule has 0 N–H and O–H groups in total. The van der Waals surface area contributed by atoms with Crippen molar-refractivity contribution in [1.82, 2.24) is 4.90 Å². The molecule has 104 valence electrons. The molecular weight excluding hydrogens is 238 g/mol. The molecule has 0 heterocycles. The van der Waals surface area contributed by atoms with Gasteiger partial charge < -0.3 is 4.74 Å². The fourth-order valence-corrected chi connectivity index (χ4v) is 2.50. The molecule has 1 aromatic rings. The van der Waals surface area contributed by atoms with Crippen molar-refractivity contribution in [2.45, 2.75) is 45.2 Å². The third-order valence-electron chi connectivity index (χ3n) is 3.75. The summed E-state index contributed by atoms with van der Waals surface area (Å²) in [6, 6.07) is 8.00. The van der Waals surface area contributed by atoms with Gasteiger partial charge in [0.05, 0.1) is 13.2 Å². The zero-order valence-electron chi connectivity index (χ0n) is 12.1. The fraction of sp³-hybridized carbons (Fsp3) is 0.562. The Morgan fingerprint density at radius 3 is 2.47 bits per heavy atom. The Balaban J connectivity index is 2.07. The molecule has 0 radical (unpaired) electrons. The Morgan fingerprint density at radius 2 is 2.00 bits per heavy atom. The average molecular weight is 261 g/mol. The second-order valence-corrected chi connectivity index (χ2v) is 5.24. The second-order valence-electron chi connectivity index (χ2n) is 5.24. The van der Waals surface area contributed by atoms with E-state index in [0.29, 0.717) is 6.04 Å². The number of ketones is 1. The number of nitrogens with zero attached hydrogens (tertiary/aromatic N) is 1. The summed E-state index contributed by atoms with van der Waals surface area (Å²) in [5.41, 5.74) is 0.773. The van der Waals surface area contributed by atoms with E-state index >= 15 is 0 Å². The zero-order chi connectivity index (χ0) is 13.8. The summed E-state index contributed by atoms with van der Waals surface area (Å²) in [6.45, 7) is 5.20. The maximum atomic E-state index is 12.5. The van der Waals surface area contributed by atoms with Gasteiger partial charge in [-0.05, 0) is 57.0 Å². The molecule has 1 fully saturated rings. The highest BCUT2D eigenvalue weighted by Gasteiger charge is 2.34. The van der Waals surface area contributed by atoms with Crippen molar-refractivity contribution < 1.29 is 9.53 Å². The fourth-order valence-electron chi connectivity index (χ4n) is 2.50. The van der Waals surface area contributed by atoms with Gasteiger partial charge >= 0.3 is 0 Å². The maximum Gasteiger partial charge on any atom is 0.179 e. The van der Waals surface area contributed by atoms with Gasteiger partial charge in [-0.2, -0.15) is 0 Å². The summed E-state index contributed by atoms with van der Waals surface area (Å²) in [4.78, 5) is 14.9. The van der Waals surface area contributed by atoms with E-state index in [-0.39, 0.29) is 11.8 Å². The van der Waals surface area contributed by atoms with Gasteiger partial charge in [0.25, 0.3) is 0 Å². The number of carbonyl (C=O) groups is 1. The number of carbonyl (C=O) groups excluding carboxylic acids is 1. The molecule has 1 aliphatic rings. The van der Waals surface area contributed by atoms with Crippen LogP contribution in [-0.2, 0) is 0 Å². The smallest absolute Gasteiger partial charge is 0.179 e. The minimum Gasteiger partial charge on any atom is -0.497 e. The molecule has 0 saturated heterocycles. The molecule has 19 heavy (non-hydrogen) atoms. The molecule has 1 atom stereocenters. The van der Waals surface area contributed by atoms with Gasteiger partial charge in [0, 0.05) is 11.6 Å². The molecule has 3 nitrogen and oxygen atoms in total. The van der Waals surface area contributed by atoms with Crippen LogP contribution in [-0.4, -0.2) is 36.4 Å². The van der Waals surface area contributed by atoms with E-state index in [2.05, 4.69) is 11.8 Å². The lowest BCUT2D eigenvalue weighted by Gasteiger charge is -2.27. The van der Waals surface area contributed by atoms with Gasteiger partial charge in [-0.1, -0.05) is 6.92 Å². The standard InChI is InChI=1S/C16H23NO2/c1-4-11-17(14-7-8-14)12(2)16(18)13-5-9-15(19-3)10-6-13/h5-6,9-10,12,14H,4,7-8,11H2,1-3H3. The molecule has 0 amide bonds. The van der Waals surface area contributed by atoms with Crippen LogP contribution >= 0.6 is 0 Å². The zero-order valence-corrected chi connectivity index (χ0v) is 12.1. The molecule has 0 bridgehead atoms. The van der Waals surface area contributed by atoms with Crippen molar-refractivity contribution in [3.05, 3.63) is 29.8 Å². The average Bonchev–Trinajstić information content (AvgIpc) is 3.28. The number of hydrogen-bond acceptors (Lipinski definition) is 3. The van der Waals surface area contributed by atoms with Gasteiger partial charge in [-0.15, -0.1) is 0 Å². The first-order valence-corrected chi connectivity index (χ1v) is 7.11. The minimum absolute atomic E-state index is 0.0270. The van der Waals surface area contributed by atoms with Crippen molar-refractivity contribution in [1.29, 1.82) is 0 Å². The van der Waals surface area contributed by atoms with Crippen LogP contribution in [0.25, 0.3) is 0 Å². The lowest BCUT2D eigenvalue weighted by Crippen LogP contribution is -2.41. The maximum absolute atomic E-state index is 12.5. The van der Waals surface area contributed by atoms with E-state index in [1.54, 1.807) is 7.11 Å². The number of Topliss-reactive ketones (excluding diaryl/α,β-unsaturated/α-hetero) is 1. The van der Waals surface area contributed by atoms with Crippen molar-refractivity contribution in [2.24, 2.45) is 0 Å². The third kappa shape index (κ3) is 3.35. The van der Waals surface area contributed by atoms with E-state index in [1.165, 1.54) is 12.8 Å². The van der Waals surface area contributed by atoms with E-state index in [9.17, 15) is 4.79 Å². The van der Waals surface area contributed by atoms with Crippen LogP contribution in [0.5, 0.6) is 5.75 Å². The number of methoxy groups -OCH3 is 1. The highest BCUT2D eigenvalue weighted by Crippen LogP contribution is 2.29. The predicted molar refractivity (Wildman–Crippen MR) is 76.8 cm³/mol.